The fourth-order valence-corrected chi connectivity index (χ4v) is 2.49. The van der Waals surface area contributed by atoms with Gasteiger partial charge < -0.3 is 10.4 Å². The van der Waals surface area contributed by atoms with E-state index in [-0.39, 0.29) is 18.4 Å². The number of hydrogen-bond acceptors (Lipinski definition) is 4. The number of carbonyl (C=O) groups is 2. The lowest BCUT2D eigenvalue weighted by Crippen LogP contribution is -2.33. The Morgan fingerprint density at radius 2 is 1.58 bits per heavy atom. The Hall–Kier alpha value is -3.68. The van der Waals surface area contributed by atoms with E-state index in [0.29, 0.717) is 0 Å². The van der Waals surface area contributed by atoms with Gasteiger partial charge in [-0.15, -0.1) is 5.10 Å². The predicted octanol–water partition coefficient (Wildman–Crippen LogP) is 2.27. The predicted molar refractivity (Wildman–Crippen MR) is 94.5 cm³/mol. The van der Waals surface area contributed by atoms with Crippen LogP contribution in [0.1, 0.15) is 17.2 Å². The fraction of sp³-hybridized carbons (Fsp3) is 0.111. The van der Waals surface area contributed by atoms with Gasteiger partial charge in [0.25, 0.3) is 0 Å². The molecule has 132 valence electrons. The van der Waals surface area contributed by atoms with E-state index in [1.54, 1.807) is 0 Å². The molecule has 0 fully saturated rings. The maximum atomic E-state index is 12.4. The third-order valence-electron chi connectivity index (χ3n) is 3.60. The molecule has 0 aliphatic rings. The summed E-state index contributed by atoms with van der Waals surface area (Å²) in [5, 5.41) is 21.9. The molecule has 0 unspecified atom stereocenters. The van der Waals surface area contributed by atoms with Crippen molar-refractivity contribution in [3.63, 3.8) is 0 Å². The molecule has 0 aliphatic heterocycles. The van der Waals surface area contributed by atoms with Gasteiger partial charge in [0, 0.05) is 0 Å². The van der Waals surface area contributed by atoms with E-state index >= 15 is 0 Å². The van der Waals surface area contributed by atoms with Crippen molar-refractivity contribution in [1.82, 2.24) is 20.3 Å². The minimum atomic E-state index is -1.06. The van der Waals surface area contributed by atoms with E-state index in [4.69, 9.17) is 5.11 Å². The monoisotopic (exact) mass is 351 g/mol. The van der Waals surface area contributed by atoms with Crippen LogP contribution in [0.15, 0.2) is 66.9 Å². The molecule has 0 radical (unpaired) electrons. The van der Waals surface area contributed by atoms with E-state index in [1.165, 1.54) is 6.20 Å². The van der Waals surface area contributed by atoms with Crippen molar-refractivity contribution < 1.29 is 14.7 Å². The van der Waals surface area contributed by atoms with Crippen molar-refractivity contribution in [2.45, 2.75) is 12.6 Å². The summed E-state index contributed by atoms with van der Waals surface area (Å²) in [7, 11) is 0. The van der Waals surface area contributed by atoms with Crippen LogP contribution in [0, 0.1) is 0 Å². The molecule has 0 spiro atoms. The molecule has 8 heteroatoms. The second kappa shape index (κ2) is 7.93. The van der Waals surface area contributed by atoms with Crippen molar-refractivity contribution >= 4 is 17.8 Å². The lowest BCUT2D eigenvalue weighted by Gasteiger charge is -2.19. The maximum absolute atomic E-state index is 12.4. The first-order valence-corrected chi connectivity index (χ1v) is 7.91. The van der Waals surface area contributed by atoms with Crippen LogP contribution in [0.25, 0.3) is 0 Å². The average molecular weight is 351 g/mol. The van der Waals surface area contributed by atoms with Crippen LogP contribution in [0.3, 0.4) is 0 Å². The minimum absolute atomic E-state index is 0.170. The Bertz CT molecular complexity index is 841. The van der Waals surface area contributed by atoms with Crippen LogP contribution in [0.4, 0.5) is 10.6 Å². The van der Waals surface area contributed by atoms with Crippen molar-refractivity contribution in [2.75, 3.05) is 5.32 Å². The zero-order valence-electron chi connectivity index (χ0n) is 13.7. The van der Waals surface area contributed by atoms with Gasteiger partial charge in [0.15, 0.2) is 12.4 Å². The van der Waals surface area contributed by atoms with Crippen LogP contribution >= 0.6 is 0 Å². The molecule has 3 rings (SSSR count). The van der Waals surface area contributed by atoms with Gasteiger partial charge in [0.2, 0.25) is 0 Å². The topological polar surface area (TPSA) is 109 Å². The molecule has 8 nitrogen and oxygen atoms in total. The second-order valence-electron chi connectivity index (χ2n) is 5.51. The smallest absolute Gasteiger partial charge is 0.327 e. The van der Waals surface area contributed by atoms with Gasteiger partial charge in [0.1, 0.15) is 0 Å². The average Bonchev–Trinajstić information content (AvgIpc) is 3.07. The number of amides is 2. The van der Waals surface area contributed by atoms with E-state index in [0.717, 1.165) is 15.9 Å². The number of aromatic nitrogens is 3. The van der Waals surface area contributed by atoms with Crippen molar-refractivity contribution in [3.05, 3.63) is 78.0 Å². The standard InChI is InChI=1S/C18H17N5O3/c24-16(25)12-23-19-11-15(22-23)20-18(26)21-17(13-7-3-1-4-8-13)14-9-5-2-6-10-14/h1-11,17H,12H2,(H,24,25)(H2,20,21,22,26). The first-order chi connectivity index (χ1) is 12.6. The van der Waals surface area contributed by atoms with E-state index in [2.05, 4.69) is 20.8 Å². The molecule has 1 heterocycles. The SMILES string of the molecule is O=C(O)Cn1ncc(NC(=O)NC(c2ccccc2)c2ccccc2)n1. The Balaban J connectivity index is 1.73. The maximum Gasteiger partial charge on any atom is 0.327 e. The Morgan fingerprint density at radius 1 is 1.00 bits per heavy atom. The number of anilines is 1. The van der Waals surface area contributed by atoms with Gasteiger partial charge in [-0.3, -0.25) is 10.1 Å². The first kappa shape index (κ1) is 17.2. The van der Waals surface area contributed by atoms with Gasteiger partial charge in [-0.05, 0) is 11.1 Å². The molecule has 0 bridgehead atoms. The van der Waals surface area contributed by atoms with Gasteiger partial charge in [-0.1, -0.05) is 60.7 Å². The summed E-state index contributed by atoms with van der Waals surface area (Å²) in [5.74, 6) is -0.895. The van der Waals surface area contributed by atoms with Gasteiger partial charge in [-0.25, -0.2) is 4.79 Å². The summed E-state index contributed by atoms with van der Waals surface area (Å²) in [6, 6.07) is 18.4. The Morgan fingerprint density at radius 3 is 2.12 bits per heavy atom. The van der Waals surface area contributed by atoms with Crippen molar-refractivity contribution in [1.29, 1.82) is 0 Å². The van der Waals surface area contributed by atoms with Gasteiger partial charge in [0.05, 0.1) is 12.2 Å². The zero-order chi connectivity index (χ0) is 18.4. The summed E-state index contributed by atoms with van der Waals surface area (Å²) in [5.41, 5.74) is 1.87. The molecule has 0 saturated heterocycles. The summed E-state index contributed by atoms with van der Waals surface area (Å²) in [6.45, 7) is -0.375. The number of carboxylic acids is 1. The number of rotatable bonds is 6. The van der Waals surface area contributed by atoms with Crippen LogP contribution < -0.4 is 10.6 Å². The number of hydrogen-bond donors (Lipinski definition) is 3. The normalized spacial score (nSPS) is 10.5. The molecule has 3 N–H and O–H groups in total. The molecule has 2 amide bonds. The third kappa shape index (κ3) is 4.44. The summed E-state index contributed by atoms with van der Waals surface area (Å²) in [6.07, 6.45) is 1.29. The van der Waals surface area contributed by atoms with E-state index < -0.39 is 12.0 Å². The number of urea groups is 1. The molecule has 0 aliphatic carbocycles. The molecule has 0 atom stereocenters. The highest BCUT2D eigenvalue weighted by molar-refractivity contribution is 5.88. The lowest BCUT2D eigenvalue weighted by atomic mass is 9.99. The Kier molecular flexibility index (Phi) is 5.23. The summed E-state index contributed by atoms with van der Waals surface area (Å²) >= 11 is 0. The van der Waals surface area contributed by atoms with Crippen molar-refractivity contribution in [2.24, 2.45) is 0 Å². The van der Waals surface area contributed by atoms with Gasteiger partial charge >= 0.3 is 12.0 Å². The molecule has 0 saturated carbocycles. The molecule has 1 aromatic heterocycles. The fourth-order valence-electron chi connectivity index (χ4n) is 2.49. The highest BCUT2D eigenvalue weighted by Crippen LogP contribution is 2.21. The van der Waals surface area contributed by atoms with Crippen LogP contribution in [-0.2, 0) is 11.3 Å². The number of carbonyl (C=O) groups excluding carboxylic acids is 1. The molecule has 2 aromatic carbocycles. The number of carboxylic acid groups (broad SMARTS) is 1. The summed E-state index contributed by atoms with van der Waals surface area (Å²) < 4.78 is 0. The van der Waals surface area contributed by atoms with Crippen LogP contribution in [0.2, 0.25) is 0 Å². The van der Waals surface area contributed by atoms with Gasteiger partial charge in [-0.2, -0.15) is 9.90 Å². The quantitative estimate of drug-likeness (QED) is 0.631. The number of nitrogens with zero attached hydrogens (tertiary/aromatic N) is 3. The highest BCUT2D eigenvalue weighted by atomic mass is 16.4. The second-order valence-corrected chi connectivity index (χ2v) is 5.51. The number of benzene rings is 2. The molecular weight excluding hydrogens is 334 g/mol. The van der Waals surface area contributed by atoms with Crippen LogP contribution in [-0.4, -0.2) is 32.1 Å². The molecule has 26 heavy (non-hydrogen) atoms. The molecule has 3 aromatic rings. The van der Waals surface area contributed by atoms with Crippen molar-refractivity contribution in [3.8, 4) is 0 Å². The number of aliphatic carboxylic acids is 1. The third-order valence-corrected chi connectivity index (χ3v) is 3.60. The lowest BCUT2D eigenvalue weighted by molar-refractivity contribution is -0.138. The van der Waals surface area contributed by atoms with E-state index in [1.807, 2.05) is 60.7 Å². The van der Waals surface area contributed by atoms with Crippen LogP contribution in [0.5, 0.6) is 0 Å². The highest BCUT2D eigenvalue weighted by Gasteiger charge is 2.17. The minimum Gasteiger partial charge on any atom is -0.480 e. The Labute approximate surface area is 149 Å². The summed E-state index contributed by atoms with van der Waals surface area (Å²) in [4.78, 5) is 24.0. The first-order valence-electron chi connectivity index (χ1n) is 7.91. The van der Waals surface area contributed by atoms with E-state index in [9.17, 15) is 9.59 Å². The largest absolute Gasteiger partial charge is 0.480 e. The zero-order valence-corrected chi connectivity index (χ0v) is 13.7. The number of nitrogens with one attached hydrogen (secondary N) is 2. The molecular formula is C18H17N5O3.